The molecular formula is C20H30N4O2. The molecule has 1 amide bonds. The highest BCUT2D eigenvalue weighted by Gasteiger charge is 2.23. The summed E-state index contributed by atoms with van der Waals surface area (Å²) >= 11 is 0. The minimum atomic E-state index is -0.236. The Bertz CT molecular complexity index is 734. The van der Waals surface area contributed by atoms with Crippen LogP contribution in [0.3, 0.4) is 0 Å². The van der Waals surface area contributed by atoms with E-state index < -0.39 is 0 Å². The summed E-state index contributed by atoms with van der Waals surface area (Å²) in [4.78, 5) is 19.9. The van der Waals surface area contributed by atoms with Gasteiger partial charge in [-0.05, 0) is 31.4 Å². The third-order valence-corrected chi connectivity index (χ3v) is 5.27. The highest BCUT2D eigenvalue weighted by Crippen LogP contribution is 2.24. The zero-order valence-corrected chi connectivity index (χ0v) is 15.8. The molecule has 0 saturated carbocycles. The Balaban J connectivity index is 1.66. The molecule has 0 spiro atoms. The molecule has 2 heterocycles. The van der Waals surface area contributed by atoms with Crippen LogP contribution in [0.1, 0.15) is 45.0 Å². The Morgan fingerprint density at radius 1 is 1.31 bits per heavy atom. The number of rotatable bonds is 7. The number of aryl methyl sites for hydroxylation is 1. The van der Waals surface area contributed by atoms with Crippen LogP contribution in [-0.2, 0) is 11.2 Å². The molecule has 1 saturated heterocycles. The van der Waals surface area contributed by atoms with Gasteiger partial charge in [-0.2, -0.15) is 0 Å². The van der Waals surface area contributed by atoms with Crippen molar-refractivity contribution in [2.75, 3.05) is 26.2 Å². The molecule has 0 radical (unpaired) electrons. The van der Waals surface area contributed by atoms with E-state index in [2.05, 4.69) is 21.7 Å². The van der Waals surface area contributed by atoms with Crippen LogP contribution in [0.4, 0.5) is 0 Å². The Kier molecular flexibility index (Phi) is 6.27. The van der Waals surface area contributed by atoms with Crippen LogP contribution >= 0.6 is 0 Å². The number of para-hydroxylation sites is 2. The molecule has 3 rings (SSSR count). The number of piperidine rings is 1. The zero-order valence-electron chi connectivity index (χ0n) is 15.8. The van der Waals surface area contributed by atoms with Crippen molar-refractivity contribution in [2.24, 2.45) is 0 Å². The molecule has 1 fully saturated rings. The number of imidazole rings is 1. The van der Waals surface area contributed by atoms with Gasteiger partial charge in [0.2, 0.25) is 5.91 Å². The maximum absolute atomic E-state index is 12.9. The molecule has 2 N–H and O–H groups in total. The molecule has 1 aliphatic heterocycles. The summed E-state index contributed by atoms with van der Waals surface area (Å²) in [6.45, 7) is 7.40. The summed E-state index contributed by atoms with van der Waals surface area (Å²) in [5, 5.41) is 12.7. The van der Waals surface area contributed by atoms with Gasteiger partial charge < -0.3 is 19.9 Å². The highest BCUT2D eigenvalue weighted by molar-refractivity contribution is 5.84. The summed E-state index contributed by atoms with van der Waals surface area (Å²) in [5.41, 5.74) is 1.97. The number of carbonyl (C=O) groups excluding carboxylic acids is 1. The number of aromatic nitrogens is 2. The van der Waals surface area contributed by atoms with E-state index in [1.54, 1.807) is 0 Å². The fraction of sp³-hybridized carbons (Fsp3) is 0.600. The second kappa shape index (κ2) is 8.64. The van der Waals surface area contributed by atoms with E-state index >= 15 is 0 Å². The maximum atomic E-state index is 12.9. The van der Waals surface area contributed by atoms with Crippen molar-refractivity contribution in [3.8, 4) is 0 Å². The fourth-order valence-electron chi connectivity index (χ4n) is 3.77. The van der Waals surface area contributed by atoms with Gasteiger partial charge in [0.25, 0.3) is 0 Å². The highest BCUT2D eigenvalue weighted by atomic mass is 16.3. The van der Waals surface area contributed by atoms with Gasteiger partial charge in [0.1, 0.15) is 11.9 Å². The third-order valence-electron chi connectivity index (χ3n) is 5.27. The molecule has 1 aliphatic rings. The largest absolute Gasteiger partial charge is 0.393 e. The van der Waals surface area contributed by atoms with Crippen molar-refractivity contribution >= 4 is 16.9 Å². The van der Waals surface area contributed by atoms with Gasteiger partial charge >= 0.3 is 0 Å². The van der Waals surface area contributed by atoms with Crippen molar-refractivity contribution in [2.45, 2.75) is 51.7 Å². The predicted molar refractivity (Wildman–Crippen MR) is 103 cm³/mol. The van der Waals surface area contributed by atoms with Crippen molar-refractivity contribution in [1.29, 1.82) is 0 Å². The SMILES string of the molecule is CCc1nc2ccccc2n1[C@@H](CC)C(=O)NCCN1CCC(O)CC1. The third kappa shape index (κ3) is 4.07. The summed E-state index contributed by atoms with van der Waals surface area (Å²) in [6.07, 6.45) is 3.02. The molecule has 1 aromatic carbocycles. The van der Waals surface area contributed by atoms with Gasteiger partial charge in [-0.15, -0.1) is 0 Å². The first-order valence-electron chi connectivity index (χ1n) is 9.78. The van der Waals surface area contributed by atoms with E-state index in [1.807, 2.05) is 31.2 Å². The van der Waals surface area contributed by atoms with Crippen molar-refractivity contribution in [1.82, 2.24) is 19.8 Å². The van der Waals surface area contributed by atoms with Gasteiger partial charge in [-0.3, -0.25) is 4.79 Å². The quantitative estimate of drug-likeness (QED) is 0.795. The number of aliphatic hydroxyl groups excluding tert-OH is 1. The number of aliphatic hydroxyl groups is 1. The van der Waals surface area contributed by atoms with Crippen LogP contribution in [0.25, 0.3) is 11.0 Å². The average Bonchev–Trinajstić information content (AvgIpc) is 3.03. The molecule has 2 aromatic rings. The standard InChI is InChI=1S/C20H30N4O2/c1-3-17(20(26)21-11-14-23-12-9-15(25)10-13-23)24-18-8-6-5-7-16(18)22-19(24)4-2/h5-8,15,17,25H,3-4,9-14H2,1-2H3,(H,21,26)/t17-/m0/s1. The molecule has 6 heteroatoms. The van der Waals surface area contributed by atoms with Crippen LogP contribution in [0.5, 0.6) is 0 Å². The number of hydrogen-bond acceptors (Lipinski definition) is 4. The Morgan fingerprint density at radius 3 is 2.73 bits per heavy atom. The van der Waals surface area contributed by atoms with E-state index in [9.17, 15) is 9.90 Å². The first kappa shape index (κ1) is 18.9. The second-order valence-electron chi connectivity index (χ2n) is 7.03. The lowest BCUT2D eigenvalue weighted by atomic mass is 10.1. The molecule has 1 atom stereocenters. The maximum Gasteiger partial charge on any atom is 0.243 e. The van der Waals surface area contributed by atoms with Gasteiger partial charge in [0.15, 0.2) is 0 Å². The zero-order chi connectivity index (χ0) is 18.5. The Morgan fingerprint density at radius 2 is 2.04 bits per heavy atom. The normalized spacial score (nSPS) is 17.5. The minimum Gasteiger partial charge on any atom is -0.393 e. The first-order chi connectivity index (χ1) is 12.6. The Hall–Kier alpha value is -1.92. The van der Waals surface area contributed by atoms with Crippen LogP contribution < -0.4 is 5.32 Å². The number of likely N-dealkylation sites (tertiary alicyclic amines) is 1. The Labute approximate surface area is 155 Å². The summed E-state index contributed by atoms with van der Waals surface area (Å²) in [6, 6.07) is 7.78. The predicted octanol–water partition coefficient (Wildman–Crippen LogP) is 2.12. The molecule has 0 unspecified atom stereocenters. The number of fused-ring (bicyclic) bond motifs is 1. The smallest absolute Gasteiger partial charge is 0.243 e. The van der Waals surface area contributed by atoms with Gasteiger partial charge in [-0.25, -0.2) is 4.98 Å². The molecule has 0 bridgehead atoms. The number of benzene rings is 1. The number of nitrogens with one attached hydrogen (secondary N) is 1. The molecule has 1 aromatic heterocycles. The lowest BCUT2D eigenvalue weighted by Gasteiger charge is -2.29. The van der Waals surface area contributed by atoms with Gasteiger partial charge in [0.05, 0.1) is 17.1 Å². The van der Waals surface area contributed by atoms with Crippen molar-refractivity contribution < 1.29 is 9.90 Å². The molecule has 142 valence electrons. The van der Waals surface area contributed by atoms with Crippen LogP contribution in [0, 0.1) is 0 Å². The summed E-state index contributed by atoms with van der Waals surface area (Å²) < 4.78 is 2.10. The van der Waals surface area contributed by atoms with Crippen LogP contribution in [-0.4, -0.2) is 57.7 Å². The van der Waals surface area contributed by atoms with E-state index in [1.165, 1.54) is 0 Å². The van der Waals surface area contributed by atoms with Crippen LogP contribution in [0.15, 0.2) is 24.3 Å². The number of nitrogens with zero attached hydrogens (tertiary/aromatic N) is 3. The first-order valence-corrected chi connectivity index (χ1v) is 9.78. The molecule has 6 nitrogen and oxygen atoms in total. The average molecular weight is 358 g/mol. The van der Waals surface area contributed by atoms with Crippen molar-refractivity contribution in [3.05, 3.63) is 30.1 Å². The van der Waals surface area contributed by atoms with E-state index in [-0.39, 0.29) is 18.1 Å². The summed E-state index contributed by atoms with van der Waals surface area (Å²) in [7, 11) is 0. The van der Waals surface area contributed by atoms with E-state index in [4.69, 9.17) is 4.98 Å². The topological polar surface area (TPSA) is 70.4 Å². The number of amides is 1. The van der Waals surface area contributed by atoms with Gasteiger partial charge in [0, 0.05) is 32.6 Å². The van der Waals surface area contributed by atoms with Gasteiger partial charge in [-0.1, -0.05) is 26.0 Å². The van der Waals surface area contributed by atoms with E-state index in [0.29, 0.717) is 6.54 Å². The molecule has 0 aliphatic carbocycles. The van der Waals surface area contributed by atoms with E-state index in [0.717, 1.165) is 62.2 Å². The number of hydrogen-bond donors (Lipinski definition) is 2. The number of carbonyl (C=O) groups is 1. The lowest BCUT2D eigenvalue weighted by Crippen LogP contribution is -2.42. The second-order valence-corrected chi connectivity index (χ2v) is 7.03. The lowest BCUT2D eigenvalue weighted by molar-refractivity contribution is -0.124. The van der Waals surface area contributed by atoms with Crippen LogP contribution in [0.2, 0.25) is 0 Å². The fourth-order valence-corrected chi connectivity index (χ4v) is 3.77. The molecule has 26 heavy (non-hydrogen) atoms. The van der Waals surface area contributed by atoms with Crippen molar-refractivity contribution in [3.63, 3.8) is 0 Å². The minimum absolute atomic E-state index is 0.0578. The monoisotopic (exact) mass is 358 g/mol. The molecular weight excluding hydrogens is 328 g/mol. The summed E-state index contributed by atoms with van der Waals surface area (Å²) in [5.74, 6) is 1.01.